The van der Waals surface area contributed by atoms with Gasteiger partial charge in [-0.2, -0.15) is 0 Å². The van der Waals surface area contributed by atoms with Gasteiger partial charge in [0.2, 0.25) is 0 Å². The molecular weight excluding hydrogens is 499 g/mol. The van der Waals surface area contributed by atoms with Crippen LogP contribution in [0.15, 0.2) is 23.2 Å². The number of ether oxygens (including phenoxy) is 3. The zero-order chi connectivity index (χ0) is 21.1. The summed E-state index contributed by atoms with van der Waals surface area (Å²) in [7, 11) is 1.64. The minimum absolute atomic E-state index is 0. The molecule has 1 aliphatic rings. The van der Waals surface area contributed by atoms with Gasteiger partial charge in [0.25, 0.3) is 0 Å². The monoisotopic (exact) mass is 534 g/mol. The smallest absolute Gasteiger partial charge is 0.409 e. The molecule has 0 atom stereocenters. The Hall–Kier alpha value is -1.91. The van der Waals surface area contributed by atoms with Gasteiger partial charge in [-0.25, -0.2) is 4.79 Å². The fourth-order valence-corrected chi connectivity index (χ4v) is 3.30. The van der Waals surface area contributed by atoms with Crippen molar-refractivity contribution in [1.29, 1.82) is 0 Å². The molecule has 0 saturated carbocycles. The van der Waals surface area contributed by atoms with E-state index in [0.29, 0.717) is 38.8 Å². The lowest BCUT2D eigenvalue weighted by Gasteiger charge is -2.31. The van der Waals surface area contributed by atoms with E-state index in [4.69, 9.17) is 19.9 Å². The standard InChI is InChI=1S/C21H34N4O4.HI/c1-4-28-19-15-16(8-9-18(19)27-3)7-6-12-23-20(22)24-17-10-13-25(14-11-17)21(26)29-5-2;/h8-9,15,17H,4-7,10-14H2,1-3H3,(H3,22,23,24);1H. The Morgan fingerprint density at radius 3 is 2.60 bits per heavy atom. The molecule has 8 nitrogen and oxygen atoms in total. The van der Waals surface area contributed by atoms with Gasteiger partial charge < -0.3 is 30.2 Å². The number of aryl methyl sites for hydroxylation is 1. The summed E-state index contributed by atoms with van der Waals surface area (Å²) in [5, 5.41) is 3.26. The van der Waals surface area contributed by atoms with Crippen molar-refractivity contribution in [3.05, 3.63) is 23.8 Å². The maximum Gasteiger partial charge on any atom is 0.409 e. The predicted octanol–water partition coefficient (Wildman–Crippen LogP) is 3.17. The summed E-state index contributed by atoms with van der Waals surface area (Å²) in [5.74, 6) is 1.98. The molecule has 1 heterocycles. The molecule has 1 aromatic carbocycles. The van der Waals surface area contributed by atoms with E-state index in [-0.39, 0.29) is 36.1 Å². The maximum atomic E-state index is 11.7. The summed E-state index contributed by atoms with van der Waals surface area (Å²) in [6, 6.07) is 6.23. The minimum atomic E-state index is -0.237. The number of methoxy groups -OCH3 is 1. The number of guanidine groups is 1. The Morgan fingerprint density at radius 2 is 1.97 bits per heavy atom. The first-order valence-electron chi connectivity index (χ1n) is 10.3. The van der Waals surface area contributed by atoms with E-state index in [9.17, 15) is 4.79 Å². The van der Waals surface area contributed by atoms with Gasteiger partial charge in [-0.3, -0.25) is 4.99 Å². The molecular formula is C21H35IN4O4. The third-order valence-corrected chi connectivity index (χ3v) is 4.81. The fourth-order valence-electron chi connectivity index (χ4n) is 3.30. The van der Waals surface area contributed by atoms with Crippen molar-refractivity contribution in [3.63, 3.8) is 0 Å². The van der Waals surface area contributed by atoms with Crippen LogP contribution in [0.1, 0.15) is 38.7 Å². The number of hydrogen-bond donors (Lipinski definition) is 2. The van der Waals surface area contributed by atoms with Crippen LogP contribution in [-0.2, 0) is 11.2 Å². The van der Waals surface area contributed by atoms with Crippen molar-refractivity contribution >= 4 is 36.0 Å². The van der Waals surface area contributed by atoms with Gasteiger partial charge in [0.15, 0.2) is 17.5 Å². The van der Waals surface area contributed by atoms with Crippen LogP contribution in [0.3, 0.4) is 0 Å². The number of amides is 1. The lowest BCUT2D eigenvalue weighted by atomic mass is 10.1. The second-order valence-electron chi connectivity index (χ2n) is 6.89. The van der Waals surface area contributed by atoms with Crippen LogP contribution in [-0.4, -0.2) is 63.0 Å². The van der Waals surface area contributed by atoms with Crippen molar-refractivity contribution in [2.75, 3.05) is 40.0 Å². The topological polar surface area (TPSA) is 98.4 Å². The summed E-state index contributed by atoms with van der Waals surface area (Å²) in [4.78, 5) is 17.9. The number of nitrogens with one attached hydrogen (secondary N) is 1. The largest absolute Gasteiger partial charge is 0.493 e. The Balaban J connectivity index is 0.00000450. The molecule has 170 valence electrons. The summed E-state index contributed by atoms with van der Waals surface area (Å²) in [6.07, 6.45) is 3.21. The van der Waals surface area contributed by atoms with E-state index in [1.807, 2.05) is 32.0 Å². The zero-order valence-electron chi connectivity index (χ0n) is 18.2. The van der Waals surface area contributed by atoms with Crippen molar-refractivity contribution in [1.82, 2.24) is 10.2 Å². The minimum Gasteiger partial charge on any atom is -0.493 e. The van der Waals surface area contributed by atoms with Crippen LogP contribution in [0.5, 0.6) is 11.5 Å². The molecule has 0 unspecified atom stereocenters. The predicted molar refractivity (Wildman–Crippen MR) is 129 cm³/mol. The molecule has 1 amide bonds. The van der Waals surface area contributed by atoms with Crippen LogP contribution >= 0.6 is 24.0 Å². The van der Waals surface area contributed by atoms with Crippen molar-refractivity contribution in [2.45, 2.75) is 45.6 Å². The molecule has 30 heavy (non-hydrogen) atoms. The van der Waals surface area contributed by atoms with Crippen LogP contribution in [0, 0.1) is 0 Å². The second-order valence-corrected chi connectivity index (χ2v) is 6.89. The summed E-state index contributed by atoms with van der Waals surface area (Å²) in [6.45, 7) is 6.77. The van der Waals surface area contributed by atoms with Crippen LogP contribution in [0.4, 0.5) is 4.79 Å². The molecule has 0 bridgehead atoms. The number of benzene rings is 1. The first-order chi connectivity index (χ1) is 14.1. The third-order valence-electron chi connectivity index (χ3n) is 4.81. The van der Waals surface area contributed by atoms with Crippen molar-refractivity contribution < 1.29 is 19.0 Å². The van der Waals surface area contributed by atoms with Gasteiger partial charge >= 0.3 is 6.09 Å². The molecule has 9 heteroatoms. The molecule has 2 rings (SSSR count). The first-order valence-corrected chi connectivity index (χ1v) is 10.3. The molecule has 0 radical (unpaired) electrons. The molecule has 1 aromatic rings. The average Bonchev–Trinajstić information content (AvgIpc) is 2.72. The Bertz CT molecular complexity index is 679. The fraction of sp³-hybridized carbons (Fsp3) is 0.619. The molecule has 0 aromatic heterocycles. The van der Waals surface area contributed by atoms with Crippen molar-refractivity contribution in [3.8, 4) is 11.5 Å². The number of aliphatic imine (C=N–C) groups is 1. The number of carbonyl (C=O) groups excluding carboxylic acids is 1. The first kappa shape index (κ1) is 26.1. The quantitative estimate of drug-likeness (QED) is 0.219. The van der Waals surface area contributed by atoms with Gasteiger partial charge in [-0.1, -0.05) is 6.07 Å². The summed E-state index contributed by atoms with van der Waals surface area (Å²) < 4.78 is 16.0. The lowest BCUT2D eigenvalue weighted by Crippen LogP contribution is -2.48. The SMILES string of the molecule is CCOC(=O)N1CCC(NC(N)=NCCCc2ccc(OC)c(OCC)c2)CC1.I. The molecule has 0 aliphatic carbocycles. The van der Waals surface area contributed by atoms with E-state index in [1.54, 1.807) is 12.0 Å². The highest BCUT2D eigenvalue weighted by molar-refractivity contribution is 14.0. The van der Waals surface area contributed by atoms with Gasteiger partial charge in [-0.15, -0.1) is 24.0 Å². The summed E-state index contributed by atoms with van der Waals surface area (Å²) >= 11 is 0. The highest BCUT2D eigenvalue weighted by atomic mass is 127. The Morgan fingerprint density at radius 1 is 1.23 bits per heavy atom. The van der Waals surface area contributed by atoms with Crippen LogP contribution in [0.25, 0.3) is 0 Å². The van der Waals surface area contributed by atoms with Crippen molar-refractivity contribution in [2.24, 2.45) is 10.7 Å². The molecule has 1 aliphatic heterocycles. The van der Waals surface area contributed by atoms with E-state index in [0.717, 1.165) is 37.2 Å². The van der Waals surface area contributed by atoms with Gasteiger partial charge in [0.05, 0.1) is 20.3 Å². The van der Waals surface area contributed by atoms with Gasteiger partial charge in [-0.05, 0) is 57.2 Å². The number of carbonyl (C=O) groups is 1. The number of nitrogens with zero attached hydrogens (tertiary/aromatic N) is 2. The van der Waals surface area contributed by atoms with E-state index >= 15 is 0 Å². The number of hydrogen-bond acceptors (Lipinski definition) is 5. The van der Waals surface area contributed by atoms with Crippen LogP contribution in [0.2, 0.25) is 0 Å². The molecule has 1 saturated heterocycles. The number of halogens is 1. The normalized spacial score (nSPS) is 14.6. The lowest BCUT2D eigenvalue weighted by molar-refractivity contribution is 0.0963. The highest BCUT2D eigenvalue weighted by Crippen LogP contribution is 2.28. The molecule has 3 N–H and O–H groups in total. The Kier molecular flexibility index (Phi) is 12.3. The third kappa shape index (κ3) is 8.45. The van der Waals surface area contributed by atoms with Gasteiger partial charge in [0, 0.05) is 25.7 Å². The number of piperidine rings is 1. The maximum absolute atomic E-state index is 11.7. The average molecular weight is 534 g/mol. The number of rotatable bonds is 9. The van der Waals surface area contributed by atoms with Crippen LogP contribution < -0.4 is 20.5 Å². The zero-order valence-corrected chi connectivity index (χ0v) is 20.5. The number of nitrogens with two attached hydrogens (primary N) is 1. The van der Waals surface area contributed by atoms with E-state index in [1.165, 1.54) is 5.56 Å². The number of likely N-dealkylation sites (tertiary alicyclic amines) is 1. The highest BCUT2D eigenvalue weighted by Gasteiger charge is 2.23. The molecule has 0 spiro atoms. The Labute approximate surface area is 196 Å². The summed E-state index contributed by atoms with van der Waals surface area (Å²) in [5.41, 5.74) is 7.21. The molecule has 1 fully saturated rings. The van der Waals surface area contributed by atoms with E-state index in [2.05, 4.69) is 10.3 Å². The van der Waals surface area contributed by atoms with E-state index < -0.39 is 0 Å². The second kappa shape index (κ2) is 14.2. The van der Waals surface area contributed by atoms with Gasteiger partial charge in [0.1, 0.15) is 0 Å².